The number of rotatable bonds is 3. The van der Waals surface area contributed by atoms with E-state index in [1.54, 1.807) is 4.68 Å². The lowest BCUT2D eigenvalue weighted by Gasteiger charge is -2.32. The number of hydrogen-bond acceptors (Lipinski definition) is 4. The summed E-state index contributed by atoms with van der Waals surface area (Å²) in [6.07, 6.45) is 4.71. The van der Waals surface area contributed by atoms with E-state index in [0.717, 1.165) is 50.5 Å². The molecular weight excluding hydrogens is 352 g/mol. The Bertz CT molecular complexity index is 900. The molecule has 1 amide bonds. The molecular formula is C21H30N6O. The highest BCUT2D eigenvalue weighted by Crippen LogP contribution is 2.39. The highest BCUT2D eigenvalue weighted by molar-refractivity contribution is 5.92. The van der Waals surface area contributed by atoms with Gasteiger partial charge in [-0.15, -0.1) is 0 Å². The number of carbonyl (C=O) groups excluding carboxylic acids is 1. The Labute approximate surface area is 166 Å². The summed E-state index contributed by atoms with van der Waals surface area (Å²) in [5, 5.41) is 4.58. The molecule has 2 aromatic rings. The van der Waals surface area contributed by atoms with E-state index in [2.05, 4.69) is 28.5 Å². The molecule has 3 aliphatic rings. The third-order valence-corrected chi connectivity index (χ3v) is 6.73. The number of imidazole rings is 1. The number of piperidine rings is 1. The fourth-order valence-corrected chi connectivity index (χ4v) is 4.79. The van der Waals surface area contributed by atoms with Crippen molar-refractivity contribution in [2.45, 2.75) is 57.5 Å². The Balaban J connectivity index is 1.39. The fraction of sp³-hybridized carbons (Fsp3) is 0.667. The number of hydrogen-bond donors (Lipinski definition) is 0. The third kappa shape index (κ3) is 3.05. The molecule has 1 aliphatic carbocycles. The second-order valence-electron chi connectivity index (χ2n) is 8.80. The van der Waals surface area contributed by atoms with Gasteiger partial charge in [-0.1, -0.05) is 0 Å². The minimum Gasteiger partial charge on any atom is -0.330 e. The van der Waals surface area contributed by atoms with Crippen molar-refractivity contribution in [1.82, 2.24) is 29.1 Å². The lowest BCUT2D eigenvalue weighted by Crippen LogP contribution is -2.39. The number of nitrogens with zero attached hydrogens (tertiary/aromatic N) is 6. The molecule has 1 saturated heterocycles. The van der Waals surface area contributed by atoms with Crippen LogP contribution in [-0.2, 0) is 20.1 Å². The number of likely N-dealkylation sites (tertiary alicyclic amines) is 1. The molecule has 2 aliphatic heterocycles. The highest BCUT2D eigenvalue weighted by Gasteiger charge is 2.33. The standard InChI is InChI=1S/C21H30N6O/c1-14-22-20(16-6-8-24(2)9-7-16)19-13-26(10-11-27(14)19)21(28)18-12-17(15-4-5-15)23-25(18)3/h12,15-16H,4-11,13H2,1-3H3. The predicted molar refractivity (Wildman–Crippen MR) is 106 cm³/mol. The van der Waals surface area contributed by atoms with Gasteiger partial charge in [0.1, 0.15) is 11.5 Å². The van der Waals surface area contributed by atoms with Gasteiger partial charge in [-0.2, -0.15) is 5.10 Å². The summed E-state index contributed by atoms with van der Waals surface area (Å²) in [6, 6.07) is 2.01. The van der Waals surface area contributed by atoms with Crippen LogP contribution in [0.4, 0.5) is 0 Å². The molecule has 4 heterocycles. The van der Waals surface area contributed by atoms with Gasteiger partial charge in [-0.3, -0.25) is 9.48 Å². The topological polar surface area (TPSA) is 59.2 Å². The van der Waals surface area contributed by atoms with Crippen molar-refractivity contribution in [3.63, 3.8) is 0 Å². The van der Waals surface area contributed by atoms with Crippen LogP contribution in [-0.4, -0.2) is 61.7 Å². The summed E-state index contributed by atoms with van der Waals surface area (Å²) >= 11 is 0. The van der Waals surface area contributed by atoms with Crippen LogP contribution in [0.2, 0.25) is 0 Å². The van der Waals surface area contributed by atoms with Crippen LogP contribution in [0.1, 0.15) is 70.9 Å². The molecule has 5 rings (SSSR count). The van der Waals surface area contributed by atoms with Crippen molar-refractivity contribution in [3.8, 4) is 0 Å². The second kappa shape index (κ2) is 6.72. The number of amides is 1. The Morgan fingerprint density at radius 1 is 1.04 bits per heavy atom. The van der Waals surface area contributed by atoms with Gasteiger partial charge in [0.25, 0.3) is 5.91 Å². The maximum atomic E-state index is 13.3. The first-order valence-corrected chi connectivity index (χ1v) is 10.6. The van der Waals surface area contributed by atoms with E-state index in [1.165, 1.54) is 24.2 Å². The van der Waals surface area contributed by atoms with E-state index in [9.17, 15) is 4.79 Å². The Kier molecular flexibility index (Phi) is 4.30. The van der Waals surface area contributed by atoms with E-state index in [1.807, 2.05) is 18.0 Å². The minimum atomic E-state index is 0.0985. The summed E-state index contributed by atoms with van der Waals surface area (Å²) < 4.78 is 4.10. The van der Waals surface area contributed by atoms with Crippen molar-refractivity contribution < 1.29 is 4.79 Å². The third-order valence-electron chi connectivity index (χ3n) is 6.73. The largest absolute Gasteiger partial charge is 0.330 e. The molecule has 28 heavy (non-hydrogen) atoms. The van der Waals surface area contributed by atoms with E-state index in [-0.39, 0.29) is 5.91 Å². The van der Waals surface area contributed by atoms with Crippen molar-refractivity contribution in [3.05, 3.63) is 34.7 Å². The van der Waals surface area contributed by atoms with Gasteiger partial charge >= 0.3 is 0 Å². The SMILES string of the molecule is Cc1nc(C2CCN(C)CC2)c2n1CCN(C(=O)c1cc(C3CC3)nn1C)C2. The zero-order valence-corrected chi connectivity index (χ0v) is 17.2. The van der Waals surface area contributed by atoms with Gasteiger partial charge in [0.05, 0.1) is 23.6 Å². The maximum Gasteiger partial charge on any atom is 0.272 e. The summed E-state index contributed by atoms with van der Waals surface area (Å²) in [6.45, 7) is 6.57. The van der Waals surface area contributed by atoms with Gasteiger partial charge in [0, 0.05) is 32.0 Å². The smallest absolute Gasteiger partial charge is 0.272 e. The van der Waals surface area contributed by atoms with Gasteiger partial charge in [0.15, 0.2) is 0 Å². The van der Waals surface area contributed by atoms with Gasteiger partial charge in [-0.05, 0) is 58.8 Å². The normalized spacial score (nSPS) is 21.2. The summed E-state index contributed by atoms with van der Waals surface area (Å²) in [5.41, 5.74) is 4.27. The lowest BCUT2D eigenvalue weighted by molar-refractivity contribution is 0.0697. The molecule has 7 heteroatoms. The Morgan fingerprint density at radius 2 is 1.79 bits per heavy atom. The van der Waals surface area contributed by atoms with Crippen LogP contribution in [0.5, 0.6) is 0 Å². The average Bonchev–Trinajstić information content (AvgIpc) is 3.40. The molecule has 0 N–H and O–H groups in total. The molecule has 0 atom stereocenters. The van der Waals surface area contributed by atoms with E-state index < -0.39 is 0 Å². The van der Waals surface area contributed by atoms with E-state index in [0.29, 0.717) is 24.1 Å². The molecule has 0 bridgehead atoms. The zero-order chi connectivity index (χ0) is 19.4. The number of aryl methyl sites for hydroxylation is 2. The second-order valence-corrected chi connectivity index (χ2v) is 8.80. The average molecular weight is 383 g/mol. The van der Waals surface area contributed by atoms with Gasteiger partial charge < -0.3 is 14.4 Å². The van der Waals surface area contributed by atoms with Crippen LogP contribution in [0.15, 0.2) is 6.07 Å². The number of carbonyl (C=O) groups is 1. The molecule has 0 radical (unpaired) electrons. The minimum absolute atomic E-state index is 0.0985. The molecule has 1 saturated carbocycles. The number of fused-ring (bicyclic) bond motifs is 1. The predicted octanol–water partition coefficient (Wildman–Crippen LogP) is 2.27. The van der Waals surface area contributed by atoms with Crippen LogP contribution < -0.4 is 0 Å². The summed E-state index contributed by atoms with van der Waals surface area (Å²) in [5.74, 6) is 2.27. The zero-order valence-electron chi connectivity index (χ0n) is 17.2. The maximum absolute atomic E-state index is 13.3. The molecule has 0 aromatic carbocycles. The first kappa shape index (κ1) is 17.9. The fourth-order valence-electron chi connectivity index (χ4n) is 4.79. The molecule has 2 fully saturated rings. The van der Waals surface area contributed by atoms with E-state index in [4.69, 9.17) is 4.98 Å². The quantitative estimate of drug-likeness (QED) is 0.817. The monoisotopic (exact) mass is 382 g/mol. The van der Waals surface area contributed by atoms with Crippen molar-refractivity contribution >= 4 is 5.91 Å². The van der Waals surface area contributed by atoms with Gasteiger partial charge in [-0.25, -0.2) is 4.98 Å². The van der Waals surface area contributed by atoms with Crippen molar-refractivity contribution in [2.75, 3.05) is 26.7 Å². The lowest BCUT2D eigenvalue weighted by atomic mass is 9.92. The van der Waals surface area contributed by atoms with E-state index >= 15 is 0 Å². The molecule has 150 valence electrons. The van der Waals surface area contributed by atoms with Crippen LogP contribution in [0.25, 0.3) is 0 Å². The first-order chi connectivity index (χ1) is 13.5. The number of aromatic nitrogens is 4. The molecule has 2 aromatic heterocycles. The van der Waals surface area contributed by atoms with Crippen LogP contribution >= 0.6 is 0 Å². The molecule has 0 spiro atoms. The van der Waals surface area contributed by atoms with Crippen molar-refractivity contribution in [2.24, 2.45) is 7.05 Å². The molecule has 0 unspecified atom stereocenters. The Morgan fingerprint density at radius 3 is 2.50 bits per heavy atom. The summed E-state index contributed by atoms with van der Waals surface area (Å²) in [7, 11) is 4.08. The Hall–Kier alpha value is -2.15. The van der Waals surface area contributed by atoms with Gasteiger partial charge in [0.2, 0.25) is 0 Å². The van der Waals surface area contributed by atoms with Crippen LogP contribution in [0, 0.1) is 6.92 Å². The van der Waals surface area contributed by atoms with Crippen molar-refractivity contribution in [1.29, 1.82) is 0 Å². The molecule has 7 nitrogen and oxygen atoms in total. The van der Waals surface area contributed by atoms with Crippen LogP contribution in [0.3, 0.4) is 0 Å². The highest BCUT2D eigenvalue weighted by atomic mass is 16.2. The first-order valence-electron chi connectivity index (χ1n) is 10.6. The summed E-state index contributed by atoms with van der Waals surface area (Å²) in [4.78, 5) is 22.6.